The van der Waals surface area contributed by atoms with Crippen molar-refractivity contribution in [2.45, 2.75) is 6.54 Å². The molecule has 1 aliphatic rings. The van der Waals surface area contributed by atoms with Crippen molar-refractivity contribution < 1.29 is 13.6 Å². The molecule has 1 heterocycles. The summed E-state index contributed by atoms with van der Waals surface area (Å²) in [5.41, 5.74) is 3.64. The van der Waals surface area contributed by atoms with Gasteiger partial charge in [0.15, 0.2) is 10.9 Å². The zero-order valence-corrected chi connectivity index (χ0v) is 18.6. The zero-order chi connectivity index (χ0) is 23.2. The molecular formula is C27H22F2N2OS. The van der Waals surface area contributed by atoms with E-state index in [1.165, 1.54) is 24.3 Å². The molecule has 0 amide bonds. The van der Waals surface area contributed by atoms with Gasteiger partial charge in [-0.15, -0.1) is 0 Å². The lowest BCUT2D eigenvalue weighted by molar-refractivity contribution is -0.113. The number of likely N-dealkylation sites (tertiary alicyclic amines) is 1. The SMILES string of the molecule is O=C1/C(=C/c2ccc(F)cc2)CN(C(=S)NCc2ccccc2)C/C1=C\c1ccc(F)cc1. The number of halogens is 2. The van der Waals surface area contributed by atoms with Crippen molar-refractivity contribution in [2.75, 3.05) is 13.1 Å². The van der Waals surface area contributed by atoms with Crippen molar-refractivity contribution in [3.05, 3.63) is 118 Å². The molecular weight excluding hydrogens is 438 g/mol. The van der Waals surface area contributed by atoms with Crippen LogP contribution in [0, 0.1) is 11.6 Å². The number of carbonyl (C=O) groups excluding carboxylic acids is 1. The maximum atomic E-state index is 13.3. The summed E-state index contributed by atoms with van der Waals surface area (Å²) in [5.74, 6) is -0.778. The first-order valence-corrected chi connectivity index (χ1v) is 10.9. The largest absolute Gasteiger partial charge is 0.358 e. The summed E-state index contributed by atoms with van der Waals surface area (Å²) in [6.45, 7) is 1.23. The molecule has 166 valence electrons. The Morgan fingerprint density at radius 3 is 1.79 bits per heavy atom. The predicted octanol–water partition coefficient (Wildman–Crippen LogP) is 5.39. The Kier molecular flexibility index (Phi) is 7.05. The first-order valence-electron chi connectivity index (χ1n) is 10.5. The number of carbonyl (C=O) groups is 1. The van der Waals surface area contributed by atoms with Crippen molar-refractivity contribution in [1.82, 2.24) is 10.2 Å². The third-order valence-electron chi connectivity index (χ3n) is 5.30. The Morgan fingerprint density at radius 2 is 1.30 bits per heavy atom. The third kappa shape index (κ3) is 5.99. The minimum Gasteiger partial charge on any atom is -0.358 e. The maximum absolute atomic E-state index is 13.3. The van der Waals surface area contributed by atoms with Gasteiger partial charge in [0.1, 0.15) is 11.6 Å². The van der Waals surface area contributed by atoms with Crippen molar-refractivity contribution >= 4 is 35.3 Å². The van der Waals surface area contributed by atoms with Gasteiger partial charge in [0.2, 0.25) is 0 Å². The topological polar surface area (TPSA) is 32.3 Å². The molecule has 3 aromatic rings. The highest BCUT2D eigenvalue weighted by atomic mass is 32.1. The molecule has 3 aromatic carbocycles. The van der Waals surface area contributed by atoms with Crippen molar-refractivity contribution in [1.29, 1.82) is 0 Å². The zero-order valence-electron chi connectivity index (χ0n) is 17.8. The van der Waals surface area contributed by atoms with E-state index in [2.05, 4.69) is 5.32 Å². The standard InChI is InChI=1S/C27H22F2N2OS/c28-24-10-6-19(7-11-24)14-22-17-31(27(33)30-16-21-4-2-1-3-5-21)18-23(26(22)32)15-20-8-12-25(29)13-9-20/h1-15H,16-18H2,(H,30,33)/b22-14+,23-15+. The van der Waals surface area contributed by atoms with Crippen LogP contribution in [-0.4, -0.2) is 28.9 Å². The van der Waals surface area contributed by atoms with E-state index in [0.29, 0.717) is 35.9 Å². The van der Waals surface area contributed by atoms with E-state index < -0.39 is 0 Å². The summed E-state index contributed by atoms with van der Waals surface area (Å²) in [7, 11) is 0. The number of benzene rings is 3. The number of thiocarbonyl (C=S) groups is 1. The van der Waals surface area contributed by atoms with Crippen LogP contribution in [0.4, 0.5) is 8.78 Å². The smallest absolute Gasteiger partial charge is 0.188 e. The highest BCUT2D eigenvalue weighted by Gasteiger charge is 2.27. The lowest BCUT2D eigenvalue weighted by Crippen LogP contribution is -2.46. The van der Waals surface area contributed by atoms with Gasteiger partial charge in [-0.05, 0) is 65.3 Å². The quantitative estimate of drug-likeness (QED) is 0.418. The van der Waals surface area contributed by atoms with E-state index in [9.17, 15) is 13.6 Å². The van der Waals surface area contributed by atoms with Gasteiger partial charge in [-0.25, -0.2) is 8.78 Å². The Labute approximate surface area is 197 Å². The highest BCUT2D eigenvalue weighted by Crippen LogP contribution is 2.23. The second-order valence-electron chi connectivity index (χ2n) is 7.77. The van der Waals surface area contributed by atoms with Gasteiger partial charge in [-0.3, -0.25) is 4.79 Å². The minimum atomic E-state index is -0.336. The van der Waals surface area contributed by atoms with Gasteiger partial charge in [0, 0.05) is 30.8 Å². The number of rotatable bonds is 4. The summed E-state index contributed by atoms with van der Waals surface area (Å²) in [6.07, 6.45) is 3.51. The fourth-order valence-electron chi connectivity index (χ4n) is 3.59. The van der Waals surface area contributed by atoms with Gasteiger partial charge >= 0.3 is 0 Å². The molecule has 6 heteroatoms. The number of nitrogens with one attached hydrogen (secondary N) is 1. The van der Waals surface area contributed by atoms with E-state index >= 15 is 0 Å². The van der Waals surface area contributed by atoms with Crippen LogP contribution < -0.4 is 5.32 Å². The molecule has 1 saturated heterocycles. The van der Waals surface area contributed by atoms with Gasteiger partial charge in [-0.1, -0.05) is 54.6 Å². The molecule has 3 nitrogen and oxygen atoms in total. The minimum absolute atomic E-state index is 0.106. The van der Waals surface area contributed by atoms with Crippen LogP contribution >= 0.6 is 12.2 Å². The first-order chi connectivity index (χ1) is 16.0. The molecule has 1 aliphatic heterocycles. The van der Waals surface area contributed by atoms with Crippen LogP contribution in [0.2, 0.25) is 0 Å². The molecule has 0 unspecified atom stereocenters. The van der Waals surface area contributed by atoms with Crippen molar-refractivity contribution in [2.24, 2.45) is 0 Å². The molecule has 4 rings (SSSR count). The number of Topliss-reactive ketones (excluding diaryl/α,β-unsaturated/α-hetero) is 1. The van der Waals surface area contributed by atoms with Gasteiger partial charge in [0.25, 0.3) is 0 Å². The number of ketones is 1. The fourth-order valence-corrected chi connectivity index (χ4v) is 3.79. The van der Waals surface area contributed by atoms with Gasteiger partial charge in [0.05, 0.1) is 0 Å². The van der Waals surface area contributed by atoms with Crippen molar-refractivity contribution in [3.8, 4) is 0 Å². The summed E-state index contributed by atoms with van der Waals surface area (Å²) < 4.78 is 26.6. The summed E-state index contributed by atoms with van der Waals surface area (Å²) in [4.78, 5) is 15.2. The van der Waals surface area contributed by atoms with Crippen LogP contribution in [0.25, 0.3) is 12.2 Å². The molecule has 0 spiro atoms. The van der Waals surface area contributed by atoms with E-state index in [-0.39, 0.29) is 17.4 Å². The monoisotopic (exact) mass is 460 g/mol. The van der Waals surface area contributed by atoms with Crippen LogP contribution in [0.3, 0.4) is 0 Å². The number of hydrogen-bond donors (Lipinski definition) is 1. The lowest BCUT2D eigenvalue weighted by Gasteiger charge is -2.32. The maximum Gasteiger partial charge on any atom is 0.188 e. The molecule has 1 N–H and O–H groups in total. The lowest BCUT2D eigenvalue weighted by atomic mass is 9.94. The Hall–Kier alpha value is -3.64. The molecule has 0 radical (unpaired) electrons. The Balaban J connectivity index is 1.60. The Morgan fingerprint density at radius 1 is 0.818 bits per heavy atom. The Bertz CT molecular complexity index is 1140. The van der Waals surface area contributed by atoms with E-state index in [4.69, 9.17) is 12.2 Å². The number of hydrogen-bond acceptors (Lipinski definition) is 2. The molecule has 0 aromatic heterocycles. The van der Waals surface area contributed by atoms with Crippen LogP contribution in [-0.2, 0) is 11.3 Å². The summed E-state index contributed by atoms with van der Waals surface area (Å²) in [5, 5.41) is 3.79. The number of piperidine rings is 1. The summed E-state index contributed by atoms with van der Waals surface area (Å²) in [6, 6.07) is 21.9. The first kappa shape index (κ1) is 22.6. The van der Waals surface area contributed by atoms with Gasteiger partial charge in [-0.2, -0.15) is 0 Å². The fraction of sp³-hybridized carbons (Fsp3) is 0.111. The van der Waals surface area contributed by atoms with E-state index in [1.54, 1.807) is 36.4 Å². The molecule has 1 fully saturated rings. The molecule has 0 bridgehead atoms. The second-order valence-corrected chi connectivity index (χ2v) is 8.16. The molecule has 0 atom stereocenters. The molecule has 0 saturated carbocycles. The molecule has 0 aliphatic carbocycles. The normalized spacial score (nSPS) is 16.3. The molecule has 33 heavy (non-hydrogen) atoms. The average molecular weight is 461 g/mol. The van der Waals surface area contributed by atoms with Crippen molar-refractivity contribution in [3.63, 3.8) is 0 Å². The highest BCUT2D eigenvalue weighted by molar-refractivity contribution is 7.80. The van der Waals surface area contributed by atoms with Gasteiger partial charge < -0.3 is 10.2 Å². The second kappa shape index (κ2) is 10.3. The number of nitrogens with zero attached hydrogens (tertiary/aromatic N) is 1. The summed E-state index contributed by atoms with van der Waals surface area (Å²) >= 11 is 5.63. The predicted molar refractivity (Wildman–Crippen MR) is 131 cm³/mol. The average Bonchev–Trinajstić information content (AvgIpc) is 2.83. The van der Waals surface area contributed by atoms with E-state index in [0.717, 1.165) is 16.7 Å². The van der Waals surface area contributed by atoms with Crippen LogP contribution in [0.5, 0.6) is 0 Å². The van der Waals surface area contributed by atoms with Crippen LogP contribution in [0.1, 0.15) is 16.7 Å². The van der Waals surface area contributed by atoms with Crippen LogP contribution in [0.15, 0.2) is 90.0 Å². The third-order valence-corrected chi connectivity index (χ3v) is 5.70. The van der Waals surface area contributed by atoms with E-state index in [1.807, 2.05) is 35.2 Å².